The van der Waals surface area contributed by atoms with E-state index in [1.54, 1.807) is 45.2 Å². The molecule has 2 N–H and O–H groups in total. The first-order valence-electron chi connectivity index (χ1n) is 12.0. The minimum Gasteiger partial charge on any atom is -0.456 e. The standard InChI is InChI=1S/C27H38ClNO5/c1-17-9-8-10-18(2)25(32)19(3)26(33)27(4,5)23(30)16-24(31)34-22(13-12-17)21(28)15-20-11-6-7-14-29-20/h6-7,11-12,14-15,18-19,22-23,25,30,32H,8-10,13,16H2,1-5H3/t18-,19+,22-,23-,25-/m0/s1. The highest BCUT2D eigenvalue weighted by Gasteiger charge is 2.42. The Bertz CT molecular complexity index is 896. The zero-order valence-corrected chi connectivity index (χ0v) is 21.6. The lowest BCUT2D eigenvalue weighted by molar-refractivity contribution is -0.153. The van der Waals surface area contributed by atoms with Gasteiger partial charge in [0.1, 0.15) is 11.9 Å². The van der Waals surface area contributed by atoms with Gasteiger partial charge in [-0.3, -0.25) is 14.6 Å². The first-order chi connectivity index (χ1) is 15.9. The number of esters is 1. The van der Waals surface area contributed by atoms with Gasteiger partial charge in [-0.15, -0.1) is 0 Å². The van der Waals surface area contributed by atoms with E-state index in [2.05, 4.69) is 4.98 Å². The summed E-state index contributed by atoms with van der Waals surface area (Å²) in [7, 11) is 0. The van der Waals surface area contributed by atoms with Crippen LogP contribution in [-0.2, 0) is 14.3 Å². The molecule has 0 unspecified atom stereocenters. The van der Waals surface area contributed by atoms with Gasteiger partial charge in [-0.2, -0.15) is 0 Å². The smallest absolute Gasteiger partial charge is 0.309 e. The molecule has 0 amide bonds. The summed E-state index contributed by atoms with van der Waals surface area (Å²) in [4.78, 5) is 30.1. The van der Waals surface area contributed by atoms with Crippen molar-refractivity contribution in [2.75, 3.05) is 0 Å². The number of Topliss-reactive ketones (excluding diaryl/α,β-unsaturated/α-hetero) is 1. The highest BCUT2D eigenvalue weighted by molar-refractivity contribution is 6.32. The maximum absolute atomic E-state index is 13.1. The van der Waals surface area contributed by atoms with Crippen LogP contribution in [0.3, 0.4) is 0 Å². The van der Waals surface area contributed by atoms with E-state index in [9.17, 15) is 19.8 Å². The molecule has 0 aliphatic carbocycles. The van der Waals surface area contributed by atoms with Crippen molar-refractivity contribution in [2.24, 2.45) is 17.3 Å². The number of ketones is 1. The van der Waals surface area contributed by atoms with Gasteiger partial charge in [-0.05, 0) is 50.3 Å². The Balaban J connectivity index is 2.33. The second-order valence-electron chi connectivity index (χ2n) is 10.0. The molecule has 1 aliphatic heterocycles. The van der Waals surface area contributed by atoms with Crippen LogP contribution in [0.25, 0.3) is 6.08 Å². The third kappa shape index (κ3) is 7.76. The van der Waals surface area contributed by atoms with Gasteiger partial charge in [0.25, 0.3) is 0 Å². The summed E-state index contributed by atoms with van der Waals surface area (Å²) < 4.78 is 5.67. The maximum atomic E-state index is 13.1. The van der Waals surface area contributed by atoms with Crippen molar-refractivity contribution in [3.8, 4) is 0 Å². The number of carbonyl (C=O) groups is 2. The molecule has 6 nitrogen and oxygen atoms in total. The fourth-order valence-electron chi connectivity index (χ4n) is 4.22. The van der Waals surface area contributed by atoms with Gasteiger partial charge in [0.05, 0.1) is 34.8 Å². The van der Waals surface area contributed by atoms with Crippen molar-refractivity contribution in [1.82, 2.24) is 4.98 Å². The average molecular weight is 492 g/mol. The Kier molecular flexibility index (Phi) is 10.5. The normalized spacial score (nSPS) is 30.4. The molecule has 0 bridgehead atoms. The van der Waals surface area contributed by atoms with Crippen LogP contribution < -0.4 is 0 Å². The van der Waals surface area contributed by atoms with Crippen molar-refractivity contribution >= 4 is 29.4 Å². The summed E-state index contributed by atoms with van der Waals surface area (Å²) in [6.07, 6.45) is 4.99. The molecule has 7 heteroatoms. The van der Waals surface area contributed by atoms with Crippen LogP contribution >= 0.6 is 11.6 Å². The Morgan fingerprint density at radius 1 is 1.24 bits per heavy atom. The number of aliphatic hydroxyl groups excluding tert-OH is 2. The maximum Gasteiger partial charge on any atom is 0.309 e. The molecule has 5 atom stereocenters. The number of carbonyl (C=O) groups excluding carboxylic acids is 2. The number of hydrogen-bond acceptors (Lipinski definition) is 6. The van der Waals surface area contributed by atoms with Crippen molar-refractivity contribution in [3.63, 3.8) is 0 Å². The molecular formula is C27H38ClNO5. The summed E-state index contributed by atoms with van der Waals surface area (Å²) in [5.74, 6) is -1.66. The van der Waals surface area contributed by atoms with Crippen LogP contribution in [0.15, 0.2) is 41.1 Å². The molecule has 0 spiro atoms. The van der Waals surface area contributed by atoms with Crippen LogP contribution in [0.1, 0.15) is 72.4 Å². The highest BCUT2D eigenvalue weighted by atomic mass is 35.5. The number of cyclic esters (lactones) is 1. The number of allylic oxidation sites excluding steroid dienone is 1. The van der Waals surface area contributed by atoms with Gasteiger partial charge in [0.2, 0.25) is 0 Å². The Morgan fingerprint density at radius 3 is 2.59 bits per heavy atom. The van der Waals surface area contributed by atoms with Gasteiger partial charge in [0, 0.05) is 18.5 Å². The molecule has 188 valence electrons. The minimum absolute atomic E-state index is 0.0685. The predicted octanol–water partition coefficient (Wildman–Crippen LogP) is 5.07. The molecule has 0 saturated carbocycles. The fraction of sp³-hybridized carbons (Fsp3) is 0.593. The Labute approximate surface area is 208 Å². The minimum atomic E-state index is -1.26. The van der Waals surface area contributed by atoms with Crippen molar-refractivity contribution in [3.05, 3.63) is 46.8 Å². The van der Waals surface area contributed by atoms with E-state index in [1.165, 1.54) is 0 Å². The molecule has 1 aromatic rings. The Morgan fingerprint density at radius 2 is 1.94 bits per heavy atom. The summed E-state index contributed by atoms with van der Waals surface area (Å²) in [6.45, 7) is 8.83. The third-order valence-electron chi connectivity index (χ3n) is 6.80. The first kappa shape index (κ1) is 28.2. The van der Waals surface area contributed by atoms with Crippen LogP contribution in [0.4, 0.5) is 0 Å². The van der Waals surface area contributed by atoms with Crippen molar-refractivity contribution in [1.29, 1.82) is 0 Å². The average Bonchev–Trinajstić information content (AvgIpc) is 2.79. The molecule has 0 aromatic carbocycles. The summed E-state index contributed by atoms with van der Waals surface area (Å²) in [5.41, 5.74) is 0.544. The van der Waals surface area contributed by atoms with Gasteiger partial charge in [0.15, 0.2) is 0 Å². The summed E-state index contributed by atoms with van der Waals surface area (Å²) in [6, 6.07) is 5.44. The lowest BCUT2D eigenvalue weighted by Crippen LogP contribution is -2.45. The summed E-state index contributed by atoms with van der Waals surface area (Å²) in [5, 5.41) is 21.9. The molecule has 1 aromatic heterocycles. The molecule has 0 fully saturated rings. The van der Waals surface area contributed by atoms with Crippen molar-refractivity contribution < 1.29 is 24.5 Å². The zero-order valence-electron chi connectivity index (χ0n) is 20.8. The number of rotatable bonds is 2. The van der Waals surface area contributed by atoms with Crippen LogP contribution in [0.2, 0.25) is 0 Å². The monoisotopic (exact) mass is 491 g/mol. The highest BCUT2D eigenvalue weighted by Crippen LogP contribution is 2.32. The number of halogens is 1. The SMILES string of the molecule is CC1=CC[C@@H](C(Cl)=Cc2ccccn2)OC(=O)C[C@H](O)C(C)(C)C(=O)[C@H](C)[C@@H](O)[C@@H](C)CCC1. The van der Waals surface area contributed by atoms with Crippen LogP contribution in [0.5, 0.6) is 0 Å². The molecule has 0 saturated heterocycles. The lowest BCUT2D eigenvalue weighted by Gasteiger charge is -2.34. The largest absolute Gasteiger partial charge is 0.456 e. The quantitative estimate of drug-likeness (QED) is 0.442. The number of pyridine rings is 1. The van der Waals surface area contributed by atoms with E-state index >= 15 is 0 Å². The second kappa shape index (κ2) is 12.6. The summed E-state index contributed by atoms with van der Waals surface area (Å²) >= 11 is 6.55. The van der Waals surface area contributed by atoms with E-state index in [0.29, 0.717) is 17.1 Å². The zero-order chi connectivity index (χ0) is 25.5. The van der Waals surface area contributed by atoms with Gasteiger partial charge in [-0.1, -0.05) is 57.0 Å². The van der Waals surface area contributed by atoms with E-state index in [-0.39, 0.29) is 18.1 Å². The third-order valence-corrected chi connectivity index (χ3v) is 7.16. The number of nitrogens with zero attached hydrogens (tertiary/aromatic N) is 1. The van der Waals surface area contributed by atoms with E-state index in [0.717, 1.165) is 24.8 Å². The first-order valence-corrected chi connectivity index (χ1v) is 12.3. The topological polar surface area (TPSA) is 96.7 Å². The van der Waals surface area contributed by atoms with Crippen LogP contribution in [0, 0.1) is 17.3 Å². The second-order valence-corrected chi connectivity index (χ2v) is 10.4. The Hall–Kier alpha value is -2.02. The van der Waals surface area contributed by atoms with E-state index in [1.807, 2.05) is 26.0 Å². The molecule has 1 aliphatic rings. The van der Waals surface area contributed by atoms with Crippen molar-refractivity contribution in [2.45, 2.75) is 85.0 Å². The predicted molar refractivity (Wildman–Crippen MR) is 134 cm³/mol. The number of aromatic nitrogens is 1. The number of aliphatic hydroxyl groups is 2. The van der Waals surface area contributed by atoms with Gasteiger partial charge < -0.3 is 14.9 Å². The molecule has 2 rings (SSSR count). The fourth-order valence-corrected chi connectivity index (χ4v) is 4.46. The van der Waals surface area contributed by atoms with E-state index in [4.69, 9.17) is 16.3 Å². The number of hydrogen-bond donors (Lipinski definition) is 2. The molecular weight excluding hydrogens is 454 g/mol. The molecule has 2 heterocycles. The number of ether oxygens (including phenoxy) is 1. The van der Waals surface area contributed by atoms with Gasteiger partial charge in [-0.25, -0.2) is 0 Å². The van der Waals surface area contributed by atoms with E-state index < -0.39 is 35.6 Å². The van der Waals surface area contributed by atoms with Crippen LogP contribution in [-0.4, -0.2) is 45.3 Å². The molecule has 0 radical (unpaired) electrons. The van der Waals surface area contributed by atoms with Gasteiger partial charge >= 0.3 is 5.97 Å². The lowest BCUT2D eigenvalue weighted by atomic mass is 9.73. The molecule has 34 heavy (non-hydrogen) atoms.